The lowest BCUT2D eigenvalue weighted by molar-refractivity contribution is 0.0377. The summed E-state index contributed by atoms with van der Waals surface area (Å²) in [5, 5.41) is 0. The fourth-order valence-corrected chi connectivity index (χ4v) is 4.92. The van der Waals surface area contributed by atoms with Crippen LogP contribution in [0.25, 0.3) is 0 Å². The maximum absolute atomic E-state index is 12.6. The molecule has 0 radical (unpaired) electrons. The van der Waals surface area contributed by atoms with Crippen LogP contribution in [-0.4, -0.2) is 66.8 Å². The van der Waals surface area contributed by atoms with E-state index in [0.717, 1.165) is 69.8 Å². The highest BCUT2D eigenvalue weighted by Crippen LogP contribution is 2.24. The summed E-state index contributed by atoms with van der Waals surface area (Å²) in [7, 11) is 0. The molecule has 2 amide bonds. The average molecular weight is 547 g/mol. The minimum atomic E-state index is -0.225. The number of fused-ring (bicyclic) bond motifs is 1. The number of aryl methyl sites for hydroxylation is 2. The Bertz CT molecular complexity index is 1270. The highest BCUT2D eigenvalue weighted by atomic mass is 35.5. The molecule has 0 spiro atoms. The number of carbonyl (C=O) groups excluding carboxylic acids is 2. The van der Waals surface area contributed by atoms with Crippen LogP contribution in [0.15, 0.2) is 77.8 Å². The first-order valence-corrected chi connectivity index (χ1v) is 13.3. The van der Waals surface area contributed by atoms with Gasteiger partial charge in [-0.15, -0.1) is 12.4 Å². The monoisotopic (exact) mass is 546 g/mol. The summed E-state index contributed by atoms with van der Waals surface area (Å²) < 4.78 is 5.39. The molecule has 0 aliphatic carbocycles. The molecule has 3 aromatic carbocycles. The molecule has 8 heteroatoms. The van der Waals surface area contributed by atoms with Gasteiger partial charge >= 0.3 is 0 Å². The van der Waals surface area contributed by atoms with Gasteiger partial charge in [-0.25, -0.2) is 0 Å². The molecule has 39 heavy (non-hydrogen) atoms. The number of nitrogens with two attached hydrogens (primary N) is 1. The Morgan fingerprint density at radius 1 is 0.795 bits per heavy atom. The van der Waals surface area contributed by atoms with Gasteiger partial charge in [-0.3, -0.25) is 24.4 Å². The molecule has 0 aromatic heterocycles. The molecule has 5 rings (SSSR count). The van der Waals surface area contributed by atoms with Gasteiger partial charge in [0.1, 0.15) is 5.84 Å². The second-order valence-corrected chi connectivity index (χ2v) is 9.83. The van der Waals surface area contributed by atoms with E-state index in [1.165, 1.54) is 16.0 Å². The number of benzene rings is 3. The van der Waals surface area contributed by atoms with Crippen LogP contribution in [0.2, 0.25) is 0 Å². The predicted molar refractivity (Wildman–Crippen MR) is 156 cm³/mol. The highest BCUT2D eigenvalue weighted by molar-refractivity contribution is 6.21. The molecule has 7 nitrogen and oxygen atoms in total. The first kappa shape index (κ1) is 28.5. The molecule has 2 aliphatic rings. The number of ether oxygens (including phenoxy) is 1. The van der Waals surface area contributed by atoms with E-state index in [4.69, 9.17) is 10.5 Å². The van der Waals surface area contributed by atoms with Crippen molar-refractivity contribution in [2.45, 2.75) is 25.8 Å². The Kier molecular flexibility index (Phi) is 9.87. The van der Waals surface area contributed by atoms with E-state index < -0.39 is 0 Å². The van der Waals surface area contributed by atoms with Crippen LogP contribution in [0.5, 0.6) is 0 Å². The number of hydrogen-bond acceptors (Lipinski definition) is 5. The first-order chi connectivity index (χ1) is 18.6. The smallest absolute Gasteiger partial charge is 0.261 e. The number of nitrogens with zero attached hydrogens (tertiary/aromatic N) is 3. The summed E-state index contributed by atoms with van der Waals surface area (Å²) in [6.45, 7) is 5.69. The third-order valence-corrected chi connectivity index (χ3v) is 7.21. The Hall–Kier alpha value is -3.52. The maximum atomic E-state index is 12.6. The second kappa shape index (κ2) is 13.5. The highest BCUT2D eigenvalue weighted by Gasteiger charge is 2.34. The molecular formula is C31H35ClN4O3. The van der Waals surface area contributed by atoms with Crippen molar-refractivity contribution in [3.8, 4) is 0 Å². The molecular weight excluding hydrogens is 512 g/mol. The van der Waals surface area contributed by atoms with Crippen molar-refractivity contribution < 1.29 is 14.3 Å². The molecule has 2 aliphatic heterocycles. The van der Waals surface area contributed by atoms with E-state index in [1.807, 2.05) is 24.3 Å². The largest absolute Gasteiger partial charge is 0.384 e. The van der Waals surface area contributed by atoms with Crippen LogP contribution in [-0.2, 0) is 24.1 Å². The van der Waals surface area contributed by atoms with Crippen molar-refractivity contribution in [3.05, 3.63) is 106 Å². The molecule has 3 aromatic rings. The molecule has 1 fully saturated rings. The van der Waals surface area contributed by atoms with Gasteiger partial charge in [0.15, 0.2) is 0 Å². The summed E-state index contributed by atoms with van der Waals surface area (Å²) >= 11 is 0. The topological polar surface area (TPSA) is 88.2 Å². The number of aliphatic imine (C=N–C) groups is 1. The lowest BCUT2D eigenvalue weighted by Gasteiger charge is -2.26. The third kappa shape index (κ3) is 7.12. The van der Waals surface area contributed by atoms with Crippen molar-refractivity contribution in [1.29, 1.82) is 0 Å². The van der Waals surface area contributed by atoms with Crippen LogP contribution in [0.4, 0.5) is 0 Å². The minimum Gasteiger partial charge on any atom is -0.384 e. The standard InChI is InChI=1S/C31H34N4O3.ClH/c32-29(33-16-3-17-34-18-20-38-21-19-34)26-14-12-24(13-15-26)7-6-23-8-10-25(11-9-23)22-35-30(36)27-4-1-2-5-28(27)31(35)37;/h1-2,4-5,8-15H,3,6-7,16-22H2,(H2,32,33);1H. The number of hydrogen-bond donors (Lipinski definition) is 1. The average Bonchev–Trinajstić information content (AvgIpc) is 3.20. The Morgan fingerprint density at radius 2 is 1.33 bits per heavy atom. The summed E-state index contributed by atoms with van der Waals surface area (Å²) in [6, 6.07) is 23.4. The number of amides is 2. The number of amidine groups is 1. The van der Waals surface area contributed by atoms with Gasteiger partial charge in [0.05, 0.1) is 30.9 Å². The van der Waals surface area contributed by atoms with Gasteiger partial charge in [0, 0.05) is 31.7 Å². The van der Waals surface area contributed by atoms with E-state index in [-0.39, 0.29) is 30.8 Å². The zero-order valence-corrected chi connectivity index (χ0v) is 22.9. The quantitative estimate of drug-likeness (QED) is 0.179. The van der Waals surface area contributed by atoms with Gasteiger partial charge in [-0.1, -0.05) is 60.7 Å². The van der Waals surface area contributed by atoms with E-state index in [2.05, 4.69) is 34.2 Å². The molecule has 2 heterocycles. The molecule has 0 unspecified atom stereocenters. The molecule has 2 N–H and O–H groups in total. The van der Waals surface area contributed by atoms with Crippen molar-refractivity contribution in [2.24, 2.45) is 10.7 Å². The summed E-state index contributed by atoms with van der Waals surface area (Å²) in [5.41, 5.74) is 11.5. The van der Waals surface area contributed by atoms with Crippen molar-refractivity contribution >= 4 is 30.1 Å². The minimum absolute atomic E-state index is 0. The number of halogens is 1. The van der Waals surface area contributed by atoms with Crippen LogP contribution in [0.3, 0.4) is 0 Å². The number of carbonyl (C=O) groups is 2. The van der Waals surface area contributed by atoms with Gasteiger partial charge in [0.25, 0.3) is 11.8 Å². The van der Waals surface area contributed by atoms with Crippen LogP contribution < -0.4 is 5.73 Å². The van der Waals surface area contributed by atoms with Gasteiger partial charge < -0.3 is 10.5 Å². The molecule has 204 valence electrons. The number of rotatable bonds is 10. The number of imide groups is 1. The van der Waals surface area contributed by atoms with E-state index in [1.54, 1.807) is 24.3 Å². The van der Waals surface area contributed by atoms with Gasteiger partial charge in [0.2, 0.25) is 0 Å². The first-order valence-electron chi connectivity index (χ1n) is 13.3. The van der Waals surface area contributed by atoms with Crippen LogP contribution >= 0.6 is 12.4 Å². The Labute approximate surface area is 236 Å². The fourth-order valence-electron chi connectivity index (χ4n) is 4.92. The summed E-state index contributed by atoms with van der Waals surface area (Å²) in [4.78, 5) is 33.5. The van der Waals surface area contributed by atoms with Crippen molar-refractivity contribution in [3.63, 3.8) is 0 Å². The Morgan fingerprint density at radius 3 is 1.92 bits per heavy atom. The predicted octanol–water partition coefficient (Wildman–Crippen LogP) is 4.12. The second-order valence-electron chi connectivity index (χ2n) is 9.83. The molecule has 1 saturated heterocycles. The van der Waals surface area contributed by atoms with Crippen molar-refractivity contribution in [2.75, 3.05) is 39.4 Å². The third-order valence-electron chi connectivity index (χ3n) is 7.21. The van der Waals surface area contributed by atoms with E-state index in [0.29, 0.717) is 17.0 Å². The lowest BCUT2D eigenvalue weighted by Crippen LogP contribution is -2.37. The molecule has 0 saturated carbocycles. The van der Waals surface area contributed by atoms with E-state index in [9.17, 15) is 9.59 Å². The lowest BCUT2D eigenvalue weighted by atomic mass is 10.0. The SMILES string of the molecule is Cl.NC(=NCCCN1CCOCC1)c1ccc(CCc2ccc(CN3C(=O)c4ccccc4C3=O)cc2)cc1. The zero-order chi connectivity index (χ0) is 26.3. The maximum Gasteiger partial charge on any atom is 0.261 e. The van der Waals surface area contributed by atoms with Crippen LogP contribution in [0, 0.1) is 0 Å². The van der Waals surface area contributed by atoms with Gasteiger partial charge in [-0.05, 0) is 48.1 Å². The summed E-state index contributed by atoms with van der Waals surface area (Å²) in [5.74, 6) is 0.140. The van der Waals surface area contributed by atoms with Crippen molar-refractivity contribution in [1.82, 2.24) is 9.80 Å². The van der Waals surface area contributed by atoms with Gasteiger partial charge in [-0.2, -0.15) is 0 Å². The normalized spacial score (nSPS) is 15.8. The Balaban J connectivity index is 0.00000353. The summed E-state index contributed by atoms with van der Waals surface area (Å²) in [6.07, 6.45) is 2.81. The fraction of sp³-hybridized carbons (Fsp3) is 0.323. The molecule has 0 atom stereocenters. The van der Waals surface area contributed by atoms with Crippen LogP contribution in [0.1, 0.15) is 49.4 Å². The van der Waals surface area contributed by atoms with E-state index >= 15 is 0 Å². The zero-order valence-electron chi connectivity index (χ0n) is 22.1. The number of morpholine rings is 1. The molecule has 0 bridgehead atoms.